The zero-order valence-corrected chi connectivity index (χ0v) is 10.4. The Kier molecular flexibility index (Phi) is 2.76. The summed E-state index contributed by atoms with van der Waals surface area (Å²) in [6.07, 6.45) is 0. The van der Waals surface area contributed by atoms with Crippen molar-refractivity contribution in [2.75, 3.05) is 11.1 Å². The number of anilines is 3. The third-order valence-corrected chi connectivity index (χ3v) is 2.82. The Balaban J connectivity index is 1.96. The van der Waals surface area contributed by atoms with E-state index in [0.717, 1.165) is 0 Å². The first-order valence-electron chi connectivity index (χ1n) is 5.50. The fourth-order valence-corrected chi connectivity index (χ4v) is 1.86. The molecule has 96 valence electrons. The van der Waals surface area contributed by atoms with Gasteiger partial charge in [-0.2, -0.15) is 4.98 Å². The minimum Gasteiger partial charge on any atom is -0.423 e. The topological polar surface area (TPSA) is 64.1 Å². The summed E-state index contributed by atoms with van der Waals surface area (Å²) in [5, 5.41) is 3.08. The molecule has 0 spiro atoms. The van der Waals surface area contributed by atoms with Crippen LogP contribution in [0.5, 0.6) is 0 Å². The summed E-state index contributed by atoms with van der Waals surface area (Å²) >= 11 is 5.68. The van der Waals surface area contributed by atoms with Gasteiger partial charge < -0.3 is 15.5 Å². The monoisotopic (exact) mass is 277 g/mol. The number of hydrogen-bond donors (Lipinski definition) is 2. The number of fused-ring (bicyclic) bond motifs is 1. The van der Waals surface area contributed by atoms with E-state index in [4.69, 9.17) is 21.8 Å². The van der Waals surface area contributed by atoms with E-state index < -0.39 is 5.82 Å². The van der Waals surface area contributed by atoms with E-state index in [1.54, 1.807) is 24.3 Å². The quantitative estimate of drug-likeness (QED) is 0.696. The predicted molar refractivity (Wildman–Crippen MR) is 73.1 cm³/mol. The Bertz CT molecular complexity index is 757. The van der Waals surface area contributed by atoms with Gasteiger partial charge in [-0.3, -0.25) is 0 Å². The van der Waals surface area contributed by atoms with Gasteiger partial charge in [0, 0.05) is 16.8 Å². The van der Waals surface area contributed by atoms with E-state index in [9.17, 15) is 4.39 Å². The second kappa shape index (κ2) is 4.44. The van der Waals surface area contributed by atoms with Crippen molar-refractivity contribution in [3.8, 4) is 0 Å². The number of hydrogen-bond acceptors (Lipinski definition) is 4. The van der Waals surface area contributed by atoms with E-state index >= 15 is 0 Å². The van der Waals surface area contributed by atoms with Crippen molar-refractivity contribution < 1.29 is 8.81 Å². The molecule has 1 aromatic heterocycles. The number of nitrogens with two attached hydrogens (primary N) is 1. The molecule has 0 aliphatic rings. The Hall–Kier alpha value is -2.27. The molecule has 3 N–H and O–H groups in total. The molecule has 19 heavy (non-hydrogen) atoms. The summed E-state index contributed by atoms with van der Waals surface area (Å²) in [6.45, 7) is 0. The van der Waals surface area contributed by atoms with Gasteiger partial charge in [0.25, 0.3) is 6.01 Å². The van der Waals surface area contributed by atoms with Crippen LogP contribution in [0.4, 0.5) is 21.8 Å². The SMILES string of the molecule is Nc1ccc2nc(Nc3ccc(Cl)cc3F)oc2c1. The van der Waals surface area contributed by atoms with Crippen LogP contribution in [0.25, 0.3) is 11.1 Å². The van der Waals surface area contributed by atoms with Crippen LogP contribution in [0.1, 0.15) is 0 Å². The maximum atomic E-state index is 13.6. The van der Waals surface area contributed by atoms with Gasteiger partial charge in [-0.25, -0.2) is 4.39 Å². The average Bonchev–Trinajstić information content (AvgIpc) is 2.74. The summed E-state index contributed by atoms with van der Waals surface area (Å²) in [5.74, 6) is -0.478. The number of oxazole rings is 1. The van der Waals surface area contributed by atoms with Crippen LogP contribution in [0.3, 0.4) is 0 Å². The molecule has 3 rings (SSSR count). The number of nitrogens with zero attached hydrogens (tertiary/aromatic N) is 1. The number of halogens is 2. The van der Waals surface area contributed by atoms with Gasteiger partial charge in [0.15, 0.2) is 5.58 Å². The van der Waals surface area contributed by atoms with E-state index in [-0.39, 0.29) is 11.7 Å². The van der Waals surface area contributed by atoms with Crippen LogP contribution in [0.2, 0.25) is 5.02 Å². The van der Waals surface area contributed by atoms with Gasteiger partial charge in [-0.15, -0.1) is 0 Å². The lowest BCUT2D eigenvalue weighted by atomic mass is 10.3. The van der Waals surface area contributed by atoms with Crippen LogP contribution in [-0.4, -0.2) is 4.98 Å². The van der Waals surface area contributed by atoms with Crippen molar-refractivity contribution in [3.05, 3.63) is 47.2 Å². The molecule has 0 radical (unpaired) electrons. The third kappa shape index (κ3) is 2.32. The highest BCUT2D eigenvalue weighted by atomic mass is 35.5. The van der Waals surface area contributed by atoms with Crippen molar-refractivity contribution in [3.63, 3.8) is 0 Å². The van der Waals surface area contributed by atoms with Gasteiger partial charge >= 0.3 is 0 Å². The molecule has 0 saturated heterocycles. The van der Waals surface area contributed by atoms with Crippen LogP contribution in [-0.2, 0) is 0 Å². The molecule has 0 aliphatic carbocycles. The zero-order chi connectivity index (χ0) is 13.4. The van der Waals surface area contributed by atoms with E-state index in [2.05, 4.69) is 10.3 Å². The average molecular weight is 278 g/mol. The Morgan fingerprint density at radius 3 is 2.84 bits per heavy atom. The first kappa shape index (κ1) is 11.8. The number of aromatic nitrogens is 1. The molecule has 0 unspecified atom stereocenters. The zero-order valence-electron chi connectivity index (χ0n) is 9.65. The Labute approximate surface area is 113 Å². The normalized spacial score (nSPS) is 10.8. The van der Waals surface area contributed by atoms with E-state index in [0.29, 0.717) is 21.8 Å². The van der Waals surface area contributed by atoms with Crippen molar-refractivity contribution >= 4 is 40.1 Å². The molecule has 3 aromatic rings. The second-order valence-corrected chi connectivity index (χ2v) is 4.43. The highest BCUT2D eigenvalue weighted by Gasteiger charge is 2.09. The molecule has 0 saturated carbocycles. The summed E-state index contributed by atoms with van der Waals surface area (Å²) in [7, 11) is 0. The van der Waals surface area contributed by atoms with Crippen LogP contribution >= 0.6 is 11.6 Å². The van der Waals surface area contributed by atoms with E-state index in [1.807, 2.05) is 0 Å². The van der Waals surface area contributed by atoms with Gasteiger partial charge in [0.2, 0.25) is 0 Å². The molecule has 6 heteroatoms. The van der Waals surface area contributed by atoms with Crippen molar-refractivity contribution in [2.24, 2.45) is 0 Å². The minimum atomic E-state index is -0.478. The largest absolute Gasteiger partial charge is 0.423 e. The standard InChI is InChI=1S/C13H9ClFN3O/c14-7-1-3-10(9(15)5-7)17-13-18-11-4-2-8(16)6-12(11)19-13/h1-6H,16H2,(H,17,18). The Morgan fingerprint density at radius 2 is 2.05 bits per heavy atom. The number of benzene rings is 2. The first-order chi connectivity index (χ1) is 9.11. The molecular formula is C13H9ClFN3O. The molecule has 0 bridgehead atoms. The number of nitrogens with one attached hydrogen (secondary N) is 1. The fraction of sp³-hybridized carbons (Fsp3) is 0. The highest BCUT2D eigenvalue weighted by molar-refractivity contribution is 6.30. The molecule has 0 amide bonds. The first-order valence-corrected chi connectivity index (χ1v) is 5.88. The molecular weight excluding hydrogens is 269 g/mol. The molecule has 0 atom stereocenters. The maximum Gasteiger partial charge on any atom is 0.300 e. The van der Waals surface area contributed by atoms with Crippen LogP contribution in [0.15, 0.2) is 40.8 Å². The lowest BCUT2D eigenvalue weighted by Crippen LogP contribution is -1.93. The van der Waals surface area contributed by atoms with Crippen molar-refractivity contribution in [1.82, 2.24) is 4.98 Å². The molecule has 1 heterocycles. The summed E-state index contributed by atoms with van der Waals surface area (Å²) in [6, 6.07) is 9.61. The van der Waals surface area contributed by atoms with Crippen LogP contribution < -0.4 is 11.1 Å². The molecule has 0 aliphatic heterocycles. The summed E-state index contributed by atoms with van der Waals surface area (Å²) in [4.78, 5) is 4.18. The lowest BCUT2D eigenvalue weighted by molar-refractivity contribution is 0.612. The Morgan fingerprint density at radius 1 is 1.21 bits per heavy atom. The maximum absolute atomic E-state index is 13.6. The van der Waals surface area contributed by atoms with E-state index in [1.165, 1.54) is 12.1 Å². The number of nitrogen functional groups attached to an aromatic ring is 1. The van der Waals surface area contributed by atoms with Gasteiger partial charge in [-0.1, -0.05) is 11.6 Å². The third-order valence-electron chi connectivity index (χ3n) is 2.59. The van der Waals surface area contributed by atoms with Gasteiger partial charge in [-0.05, 0) is 30.3 Å². The van der Waals surface area contributed by atoms with Gasteiger partial charge in [0.1, 0.15) is 11.3 Å². The lowest BCUT2D eigenvalue weighted by Gasteiger charge is -2.02. The summed E-state index contributed by atoms with van der Waals surface area (Å²) in [5.41, 5.74) is 7.64. The predicted octanol–water partition coefficient (Wildman–Crippen LogP) is 3.95. The molecule has 0 fully saturated rings. The highest BCUT2D eigenvalue weighted by Crippen LogP contribution is 2.26. The summed E-state index contributed by atoms with van der Waals surface area (Å²) < 4.78 is 19.1. The smallest absolute Gasteiger partial charge is 0.300 e. The minimum absolute atomic E-state index is 0.196. The van der Waals surface area contributed by atoms with Crippen LogP contribution in [0, 0.1) is 5.82 Å². The fourth-order valence-electron chi connectivity index (χ4n) is 1.70. The molecule has 2 aromatic carbocycles. The van der Waals surface area contributed by atoms with Crippen molar-refractivity contribution in [1.29, 1.82) is 0 Å². The second-order valence-electron chi connectivity index (χ2n) is 4.00. The van der Waals surface area contributed by atoms with Gasteiger partial charge in [0.05, 0.1) is 5.69 Å². The molecule has 4 nitrogen and oxygen atoms in total. The number of rotatable bonds is 2. The van der Waals surface area contributed by atoms with Crippen molar-refractivity contribution in [2.45, 2.75) is 0 Å².